The van der Waals surface area contributed by atoms with E-state index in [-0.39, 0.29) is 5.56 Å². The van der Waals surface area contributed by atoms with Crippen LogP contribution in [0.3, 0.4) is 0 Å². The van der Waals surface area contributed by atoms with Crippen molar-refractivity contribution in [2.24, 2.45) is 5.41 Å². The lowest BCUT2D eigenvalue weighted by molar-refractivity contribution is 0.0891. The van der Waals surface area contributed by atoms with E-state index in [0.29, 0.717) is 0 Å². The number of rotatable bonds is 2. The zero-order chi connectivity index (χ0) is 11.6. The molecule has 15 heavy (non-hydrogen) atoms. The molecule has 4 heteroatoms. The summed E-state index contributed by atoms with van der Waals surface area (Å²) < 4.78 is 25.4. The first-order valence-corrected chi connectivity index (χ1v) is 4.29. The number of nitrogens with zero attached hydrogens (tertiary/aromatic N) is 1. The molecule has 0 heterocycles. The molecule has 0 bridgehead atoms. The molecule has 0 unspecified atom stereocenters. The van der Waals surface area contributed by atoms with E-state index in [0.717, 1.165) is 12.1 Å². The molecule has 0 spiro atoms. The molecule has 1 aromatic rings. The van der Waals surface area contributed by atoms with Gasteiger partial charge in [-0.2, -0.15) is 5.26 Å². The van der Waals surface area contributed by atoms with Crippen LogP contribution in [0.15, 0.2) is 18.2 Å². The lowest BCUT2D eigenvalue weighted by Gasteiger charge is -2.13. The van der Waals surface area contributed by atoms with Crippen LogP contribution < -0.4 is 0 Å². The predicted octanol–water partition coefficient (Wildman–Crippen LogP) is 2.70. The maximum Gasteiger partial charge on any atom is 0.182 e. The van der Waals surface area contributed by atoms with Gasteiger partial charge in [-0.1, -0.05) is 0 Å². The van der Waals surface area contributed by atoms with E-state index in [1.165, 1.54) is 19.9 Å². The van der Waals surface area contributed by atoms with E-state index in [4.69, 9.17) is 5.26 Å². The average Bonchev–Trinajstić information content (AvgIpc) is 2.21. The topological polar surface area (TPSA) is 40.9 Å². The Morgan fingerprint density at radius 1 is 1.33 bits per heavy atom. The summed E-state index contributed by atoms with van der Waals surface area (Å²) in [5.41, 5.74) is -1.23. The molecule has 0 saturated heterocycles. The highest BCUT2D eigenvalue weighted by molar-refractivity contribution is 6.01. The molecule has 1 aromatic carbocycles. The molecule has 0 aliphatic heterocycles. The third-order valence-electron chi connectivity index (χ3n) is 2.03. The fourth-order valence-electron chi connectivity index (χ4n) is 1.05. The van der Waals surface area contributed by atoms with Crippen LogP contribution in [0, 0.1) is 28.4 Å². The smallest absolute Gasteiger partial charge is 0.182 e. The minimum Gasteiger partial charge on any atom is -0.292 e. The van der Waals surface area contributed by atoms with Gasteiger partial charge in [0.25, 0.3) is 0 Å². The van der Waals surface area contributed by atoms with Crippen molar-refractivity contribution in [3.8, 4) is 6.07 Å². The van der Waals surface area contributed by atoms with Crippen molar-refractivity contribution in [1.82, 2.24) is 0 Å². The normalized spacial score (nSPS) is 10.9. The monoisotopic (exact) mass is 209 g/mol. The molecule has 1 rings (SSSR count). The average molecular weight is 209 g/mol. The summed E-state index contributed by atoms with van der Waals surface area (Å²) in [5, 5.41) is 8.71. The molecular weight excluding hydrogens is 200 g/mol. The van der Waals surface area contributed by atoms with Crippen LogP contribution in [-0.4, -0.2) is 5.78 Å². The lowest BCUT2D eigenvalue weighted by atomic mass is 9.86. The third kappa shape index (κ3) is 2.18. The van der Waals surface area contributed by atoms with E-state index < -0.39 is 22.8 Å². The number of carbonyl (C=O) groups excluding carboxylic acids is 1. The number of benzene rings is 1. The third-order valence-corrected chi connectivity index (χ3v) is 2.03. The van der Waals surface area contributed by atoms with Gasteiger partial charge in [-0.05, 0) is 32.0 Å². The molecular formula is C11H9F2NO. The van der Waals surface area contributed by atoms with Crippen molar-refractivity contribution < 1.29 is 13.6 Å². The highest BCUT2D eigenvalue weighted by atomic mass is 19.2. The molecule has 0 aliphatic rings. The van der Waals surface area contributed by atoms with Crippen LogP contribution in [0.2, 0.25) is 0 Å². The van der Waals surface area contributed by atoms with Gasteiger partial charge in [0.2, 0.25) is 0 Å². The van der Waals surface area contributed by atoms with Gasteiger partial charge in [-0.25, -0.2) is 8.78 Å². The Hall–Kier alpha value is -1.76. The van der Waals surface area contributed by atoms with Crippen molar-refractivity contribution in [2.75, 3.05) is 0 Å². The molecule has 78 valence electrons. The van der Waals surface area contributed by atoms with Gasteiger partial charge >= 0.3 is 0 Å². The Morgan fingerprint density at radius 2 is 1.93 bits per heavy atom. The number of hydrogen-bond acceptors (Lipinski definition) is 2. The Kier molecular flexibility index (Phi) is 2.85. The second-order valence-electron chi connectivity index (χ2n) is 3.69. The largest absolute Gasteiger partial charge is 0.292 e. The molecule has 0 aromatic heterocycles. The van der Waals surface area contributed by atoms with Crippen molar-refractivity contribution in [2.45, 2.75) is 13.8 Å². The van der Waals surface area contributed by atoms with E-state index in [1.807, 2.05) is 6.07 Å². The summed E-state index contributed by atoms with van der Waals surface area (Å²) in [6.45, 7) is 2.85. The van der Waals surface area contributed by atoms with E-state index >= 15 is 0 Å². The molecule has 0 N–H and O–H groups in total. The summed E-state index contributed by atoms with van der Waals surface area (Å²) in [6, 6.07) is 4.65. The summed E-state index contributed by atoms with van der Waals surface area (Å²) in [7, 11) is 0. The fourth-order valence-corrected chi connectivity index (χ4v) is 1.05. The summed E-state index contributed by atoms with van der Waals surface area (Å²) >= 11 is 0. The Morgan fingerprint density at radius 3 is 2.40 bits per heavy atom. The zero-order valence-corrected chi connectivity index (χ0v) is 8.34. The van der Waals surface area contributed by atoms with E-state index in [2.05, 4.69) is 0 Å². The number of Topliss-reactive ketones (excluding diaryl/α,β-unsaturated/α-hetero) is 1. The first-order chi connectivity index (χ1) is 6.88. The van der Waals surface area contributed by atoms with Gasteiger partial charge in [0.1, 0.15) is 5.41 Å². The number of halogens is 2. The molecule has 0 radical (unpaired) electrons. The minimum absolute atomic E-state index is 0.000417. The van der Waals surface area contributed by atoms with Gasteiger partial charge in [0.15, 0.2) is 17.4 Å². The van der Waals surface area contributed by atoms with Gasteiger partial charge in [-0.15, -0.1) is 0 Å². The first-order valence-electron chi connectivity index (χ1n) is 4.29. The van der Waals surface area contributed by atoms with E-state index in [1.54, 1.807) is 0 Å². The van der Waals surface area contributed by atoms with Crippen LogP contribution in [0.4, 0.5) is 8.78 Å². The standard InChI is InChI=1S/C11H9F2NO/c1-11(2,6-14)10(15)7-3-4-8(12)9(13)5-7/h3-5H,1-2H3. The molecule has 0 saturated carbocycles. The van der Waals surface area contributed by atoms with Crippen LogP contribution in [0.25, 0.3) is 0 Å². The Labute approximate surface area is 86.1 Å². The minimum atomic E-state index is -1.23. The maximum atomic E-state index is 12.8. The number of carbonyl (C=O) groups is 1. The molecule has 0 aliphatic carbocycles. The first kappa shape index (κ1) is 11.3. The predicted molar refractivity (Wildman–Crippen MR) is 50.1 cm³/mol. The Balaban J connectivity index is 3.15. The summed E-state index contributed by atoms with van der Waals surface area (Å²) in [5.74, 6) is -2.63. The van der Waals surface area contributed by atoms with Crippen molar-refractivity contribution >= 4 is 5.78 Å². The van der Waals surface area contributed by atoms with Gasteiger partial charge in [0, 0.05) is 5.56 Å². The van der Waals surface area contributed by atoms with Gasteiger partial charge < -0.3 is 0 Å². The maximum absolute atomic E-state index is 12.8. The molecule has 0 fully saturated rings. The second kappa shape index (κ2) is 3.77. The Bertz CT molecular complexity index is 446. The number of hydrogen-bond donors (Lipinski definition) is 0. The molecule has 0 atom stereocenters. The second-order valence-corrected chi connectivity index (χ2v) is 3.69. The quantitative estimate of drug-likeness (QED) is 0.702. The highest BCUT2D eigenvalue weighted by Crippen LogP contribution is 2.21. The SMILES string of the molecule is CC(C)(C#N)C(=O)c1ccc(F)c(F)c1. The number of nitriles is 1. The zero-order valence-electron chi connectivity index (χ0n) is 8.34. The summed E-state index contributed by atoms with van der Waals surface area (Å²) in [6.07, 6.45) is 0. The van der Waals surface area contributed by atoms with Crippen LogP contribution in [-0.2, 0) is 0 Å². The van der Waals surface area contributed by atoms with Gasteiger partial charge in [0.05, 0.1) is 6.07 Å². The number of ketones is 1. The van der Waals surface area contributed by atoms with Gasteiger partial charge in [-0.3, -0.25) is 4.79 Å². The van der Waals surface area contributed by atoms with Crippen molar-refractivity contribution in [1.29, 1.82) is 5.26 Å². The molecule has 2 nitrogen and oxygen atoms in total. The highest BCUT2D eigenvalue weighted by Gasteiger charge is 2.28. The fraction of sp³-hybridized carbons (Fsp3) is 0.273. The van der Waals surface area contributed by atoms with Crippen LogP contribution >= 0.6 is 0 Å². The lowest BCUT2D eigenvalue weighted by Crippen LogP contribution is -2.22. The van der Waals surface area contributed by atoms with Crippen LogP contribution in [0.1, 0.15) is 24.2 Å². The van der Waals surface area contributed by atoms with Crippen LogP contribution in [0.5, 0.6) is 0 Å². The van der Waals surface area contributed by atoms with Crippen molar-refractivity contribution in [3.63, 3.8) is 0 Å². The molecule has 0 amide bonds. The summed E-state index contributed by atoms with van der Waals surface area (Å²) in [4.78, 5) is 11.6. The van der Waals surface area contributed by atoms with E-state index in [9.17, 15) is 13.6 Å². The van der Waals surface area contributed by atoms with Crippen molar-refractivity contribution in [3.05, 3.63) is 35.4 Å².